The molecule has 1 saturated heterocycles. The van der Waals surface area contributed by atoms with E-state index in [0.717, 1.165) is 30.0 Å². The molecule has 0 saturated carbocycles. The number of aromatic nitrogens is 3. The highest BCUT2D eigenvalue weighted by atomic mass is 35.5. The molecular formula is C14H19ClN4. The zero-order chi connectivity index (χ0) is 13.4. The van der Waals surface area contributed by atoms with Gasteiger partial charge in [-0.1, -0.05) is 13.8 Å². The van der Waals surface area contributed by atoms with Crippen molar-refractivity contribution in [3.05, 3.63) is 24.2 Å². The van der Waals surface area contributed by atoms with Crippen LogP contribution in [-0.2, 0) is 0 Å². The summed E-state index contributed by atoms with van der Waals surface area (Å²) in [5.74, 6) is 2.11. The lowest BCUT2D eigenvalue weighted by Crippen LogP contribution is -2.31. The summed E-state index contributed by atoms with van der Waals surface area (Å²) in [6.07, 6.45) is 6.07. The number of alkyl halides is 1. The van der Waals surface area contributed by atoms with Gasteiger partial charge in [-0.25, -0.2) is 9.50 Å². The largest absolute Gasteiger partial charge is 0.351 e. The molecule has 0 aromatic carbocycles. The van der Waals surface area contributed by atoms with E-state index in [0.29, 0.717) is 17.8 Å². The van der Waals surface area contributed by atoms with Gasteiger partial charge in [0, 0.05) is 30.9 Å². The van der Waals surface area contributed by atoms with Crippen LogP contribution in [0.2, 0.25) is 0 Å². The molecule has 102 valence electrons. The molecule has 1 atom stereocenters. The first kappa shape index (κ1) is 12.7. The lowest BCUT2D eigenvalue weighted by molar-refractivity contribution is 0.731. The number of hydrogen-bond acceptors (Lipinski definition) is 3. The van der Waals surface area contributed by atoms with E-state index in [1.165, 1.54) is 6.42 Å². The molecule has 3 heterocycles. The van der Waals surface area contributed by atoms with Crippen LogP contribution in [0.4, 0.5) is 5.82 Å². The van der Waals surface area contributed by atoms with Gasteiger partial charge >= 0.3 is 0 Å². The van der Waals surface area contributed by atoms with Crippen molar-refractivity contribution < 1.29 is 0 Å². The Labute approximate surface area is 118 Å². The quantitative estimate of drug-likeness (QED) is 0.809. The van der Waals surface area contributed by atoms with Gasteiger partial charge in [0.1, 0.15) is 5.52 Å². The zero-order valence-corrected chi connectivity index (χ0v) is 12.1. The summed E-state index contributed by atoms with van der Waals surface area (Å²) in [7, 11) is 0. The third-order valence-electron chi connectivity index (χ3n) is 3.81. The molecule has 1 fully saturated rings. The van der Waals surface area contributed by atoms with E-state index in [1.807, 2.05) is 16.9 Å². The van der Waals surface area contributed by atoms with Crippen molar-refractivity contribution in [2.75, 3.05) is 17.3 Å². The van der Waals surface area contributed by atoms with Crippen molar-refractivity contribution in [3.63, 3.8) is 0 Å². The molecule has 0 amide bonds. The van der Waals surface area contributed by atoms with Crippen molar-refractivity contribution in [1.29, 1.82) is 0 Å². The Balaban J connectivity index is 2.08. The lowest BCUT2D eigenvalue weighted by atomic mass is 10.1. The van der Waals surface area contributed by atoms with Crippen molar-refractivity contribution in [1.82, 2.24) is 14.6 Å². The van der Waals surface area contributed by atoms with Crippen LogP contribution >= 0.6 is 11.6 Å². The molecule has 4 nitrogen and oxygen atoms in total. The van der Waals surface area contributed by atoms with E-state index in [9.17, 15) is 0 Å². The summed E-state index contributed by atoms with van der Waals surface area (Å²) in [6, 6.07) is 2.55. The number of fused-ring (bicyclic) bond motifs is 1. The second-order valence-electron chi connectivity index (χ2n) is 5.45. The average Bonchev–Trinajstić information content (AvgIpc) is 3.04. The molecule has 1 aliphatic heterocycles. The predicted molar refractivity (Wildman–Crippen MR) is 78.2 cm³/mol. The van der Waals surface area contributed by atoms with Crippen molar-refractivity contribution in [3.8, 4) is 0 Å². The number of halogens is 1. The topological polar surface area (TPSA) is 33.4 Å². The molecule has 0 aliphatic carbocycles. The monoisotopic (exact) mass is 278 g/mol. The Kier molecular flexibility index (Phi) is 3.35. The first-order valence-electron chi connectivity index (χ1n) is 6.87. The number of hydrogen-bond donors (Lipinski definition) is 0. The van der Waals surface area contributed by atoms with E-state index < -0.39 is 0 Å². The van der Waals surface area contributed by atoms with Gasteiger partial charge in [-0.3, -0.25) is 0 Å². The SMILES string of the molecule is CC(C)c1cc2c(N3CCCC3CCl)nccn2n1. The van der Waals surface area contributed by atoms with Crippen LogP contribution in [-0.4, -0.2) is 33.1 Å². The number of nitrogens with zero attached hydrogens (tertiary/aromatic N) is 4. The van der Waals surface area contributed by atoms with Gasteiger partial charge in [-0.05, 0) is 24.8 Å². The number of anilines is 1. The number of rotatable bonds is 3. The van der Waals surface area contributed by atoms with Gasteiger partial charge in [0.15, 0.2) is 5.82 Å². The first-order valence-corrected chi connectivity index (χ1v) is 7.41. The Morgan fingerprint density at radius 3 is 3.05 bits per heavy atom. The lowest BCUT2D eigenvalue weighted by Gasteiger charge is -2.24. The fourth-order valence-electron chi connectivity index (χ4n) is 2.71. The third-order valence-corrected chi connectivity index (χ3v) is 4.16. The van der Waals surface area contributed by atoms with Gasteiger partial charge in [-0.2, -0.15) is 5.10 Å². The maximum Gasteiger partial charge on any atom is 0.154 e. The summed E-state index contributed by atoms with van der Waals surface area (Å²) in [4.78, 5) is 6.89. The zero-order valence-electron chi connectivity index (χ0n) is 11.4. The fourth-order valence-corrected chi connectivity index (χ4v) is 3.03. The molecule has 1 aliphatic rings. The Hall–Kier alpha value is -1.29. The van der Waals surface area contributed by atoms with E-state index >= 15 is 0 Å². The molecule has 2 aromatic heterocycles. The predicted octanol–water partition coefficient (Wildman–Crippen LogP) is 3.06. The highest BCUT2D eigenvalue weighted by Gasteiger charge is 2.26. The highest BCUT2D eigenvalue weighted by Crippen LogP contribution is 2.29. The van der Waals surface area contributed by atoms with Gasteiger partial charge in [-0.15, -0.1) is 11.6 Å². The second-order valence-corrected chi connectivity index (χ2v) is 5.76. The first-order chi connectivity index (χ1) is 9.20. The molecule has 1 unspecified atom stereocenters. The van der Waals surface area contributed by atoms with Crippen LogP contribution in [0.3, 0.4) is 0 Å². The van der Waals surface area contributed by atoms with Crippen LogP contribution in [0.15, 0.2) is 18.5 Å². The van der Waals surface area contributed by atoms with Crippen molar-refractivity contribution in [2.24, 2.45) is 0 Å². The summed E-state index contributed by atoms with van der Waals surface area (Å²) in [5.41, 5.74) is 2.19. The third kappa shape index (κ3) is 2.18. The van der Waals surface area contributed by atoms with Gasteiger partial charge in [0.2, 0.25) is 0 Å². The van der Waals surface area contributed by atoms with Gasteiger partial charge in [0.25, 0.3) is 0 Å². The van der Waals surface area contributed by atoms with Crippen LogP contribution in [0.1, 0.15) is 38.3 Å². The van der Waals surface area contributed by atoms with Crippen LogP contribution < -0.4 is 4.90 Å². The Bertz CT molecular complexity index is 578. The van der Waals surface area contributed by atoms with E-state index in [1.54, 1.807) is 0 Å². The molecule has 0 N–H and O–H groups in total. The molecule has 3 rings (SSSR count). The molecule has 19 heavy (non-hydrogen) atoms. The second kappa shape index (κ2) is 5.00. The summed E-state index contributed by atoms with van der Waals surface area (Å²) in [5, 5.41) is 4.61. The van der Waals surface area contributed by atoms with Crippen LogP contribution in [0, 0.1) is 0 Å². The Morgan fingerprint density at radius 2 is 2.32 bits per heavy atom. The molecule has 0 radical (unpaired) electrons. The molecular weight excluding hydrogens is 260 g/mol. The highest BCUT2D eigenvalue weighted by molar-refractivity contribution is 6.18. The standard InChI is InChI=1S/C14H19ClN4/c1-10(2)12-8-13-14(16-5-7-19(13)17-12)18-6-3-4-11(18)9-15/h5,7-8,10-11H,3-4,6,9H2,1-2H3. The summed E-state index contributed by atoms with van der Waals surface area (Å²) < 4.78 is 1.93. The Morgan fingerprint density at radius 1 is 1.47 bits per heavy atom. The van der Waals surface area contributed by atoms with E-state index in [2.05, 4.69) is 34.9 Å². The molecule has 0 bridgehead atoms. The van der Waals surface area contributed by atoms with Gasteiger partial charge < -0.3 is 4.90 Å². The molecule has 5 heteroatoms. The van der Waals surface area contributed by atoms with Gasteiger partial charge in [0.05, 0.1) is 5.69 Å². The average molecular weight is 279 g/mol. The smallest absolute Gasteiger partial charge is 0.154 e. The summed E-state index contributed by atoms with van der Waals surface area (Å²) in [6.45, 7) is 5.35. The van der Waals surface area contributed by atoms with E-state index in [-0.39, 0.29) is 0 Å². The maximum atomic E-state index is 6.07. The minimum Gasteiger partial charge on any atom is -0.351 e. The summed E-state index contributed by atoms with van der Waals surface area (Å²) >= 11 is 6.07. The minimum absolute atomic E-state index is 0.401. The van der Waals surface area contributed by atoms with E-state index in [4.69, 9.17) is 11.6 Å². The molecule has 2 aromatic rings. The van der Waals surface area contributed by atoms with Crippen LogP contribution in [0.25, 0.3) is 5.52 Å². The van der Waals surface area contributed by atoms with Crippen molar-refractivity contribution >= 4 is 22.9 Å². The fraction of sp³-hybridized carbons (Fsp3) is 0.571. The minimum atomic E-state index is 0.401. The van der Waals surface area contributed by atoms with Crippen LogP contribution in [0.5, 0.6) is 0 Å². The molecule has 0 spiro atoms. The van der Waals surface area contributed by atoms with Crippen molar-refractivity contribution in [2.45, 2.75) is 38.6 Å². The normalized spacial score (nSPS) is 19.8. The maximum absolute atomic E-state index is 6.07.